The van der Waals surface area contributed by atoms with E-state index in [2.05, 4.69) is 39.5 Å². The molecule has 0 spiro atoms. The lowest BCUT2D eigenvalue weighted by Crippen LogP contribution is -2.22. The molecule has 0 N–H and O–H groups in total. The smallest absolute Gasteiger partial charge is 0.0622 e. The van der Waals surface area contributed by atoms with Crippen molar-refractivity contribution in [3.8, 4) is 0 Å². The van der Waals surface area contributed by atoms with Crippen molar-refractivity contribution < 1.29 is 4.74 Å². The van der Waals surface area contributed by atoms with Gasteiger partial charge in [0.2, 0.25) is 0 Å². The first-order valence-electron chi connectivity index (χ1n) is 6.24. The molecular formula is C15H28O. The van der Waals surface area contributed by atoms with E-state index in [-0.39, 0.29) is 5.60 Å². The van der Waals surface area contributed by atoms with Crippen LogP contribution in [0, 0.1) is 5.92 Å². The normalized spacial score (nSPS) is 14.3. The third kappa shape index (κ3) is 8.72. The molecule has 1 unspecified atom stereocenters. The van der Waals surface area contributed by atoms with Crippen molar-refractivity contribution in [1.82, 2.24) is 0 Å². The lowest BCUT2D eigenvalue weighted by Gasteiger charge is -2.23. The lowest BCUT2D eigenvalue weighted by molar-refractivity contribution is 0.0128. The van der Waals surface area contributed by atoms with Crippen molar-refractivity contribution in [3.63, 3.8) is 0 Å². The number of hydrogen-bond acceptors (Lipinski definition) is 1. The fourth-order valence-corrected chi connectivity index (χ4v) is 1.60. The van der Waals surface area contributed by atoms with Crippen LogP contribution in [0.5, 0.6) is 0 Å². The Kier molecular flexibility index (Phi) is 7.40. The highest BCUT2D eigenvalue weighted by Gasteiger charge is 2.15. The van der Waals surface area contributed by atoms with E-state index in [1.807, 2.05) is 6.92 Å². The SMILES string of the molecule is C=C(C)C=CCC(C)CCCC(C)(C)OC. The van der Waals surface area contributed by atoms with Gasteiger partial charge in [-0.15, -0.1) is 0 Å². The summed E-state index contributed by atoms with van der Waals surface area (Å²) in [5.74, 6) is 0.753. The van der Waals surface area contributed by atoms with Crippen LogP contribution in [0.2, 0.25) is 0 Å². The fraction of sp³-hybridized carbons (Fsp3) is 0.733. The van der Waals surface area contributed by atoms with Crippen molar-refractivity contribution in [3.05, 3.63) is 24.3 Å². The molecule has 1 heteroatoms. The maximum atomic E-state index is 5.41. The van der Waals surface area contributed by atoms with Crippen LogP contribution in [0.3, 0.4) is 0 Å². The minimum atomic E-state index is 0.0350. The molecule has 0 aliphatic carbocycles. The Hall–Kier alpha value is -0.560. The van der Waals surface area contributed by atoms with Gasteiger partial charge in [-0.25, -0.2) is 0 Å². The third-order valence-corrected chi connectivity index (χ3v) is 2.97. The molecule has 0 aliphatic heterocycles. The van der Waals surface area contributed by atoms with E-state index >= 15 is 0 Å². The second-order valence-corrected chi connectivity index (χ2v) is 5.45. The topological polar surface area (TPSA) is 9.23 Å². The average Bonchev–Trinajstić information content (AvgIpc) is 2.17. The second-order valence-electron chi connectivity index (χ2n) is 5.45. The summed E-state index contributed by atoms with van der Waals surface area (Å²) in [7, 11) is 1.79. The standard InChI is InChI=1S/C15H28O/c1-13(2)9-7-10-14(3)11-8-12-15(4,5)16-6/h7,9,14H,1,8,10-12H2,2-6H3. The fourth-order valence-electron chi connectivity index (χ4n) is 1.60. The van der Waals surface area contributed by atoms with Gasteiger partial charge in [0, 0.05) is 7.11 Å². The molecule has 0 amide bonds. The van der Waals surface area contributed by atoms with E-state index in [1.54, 1.807) is 7.11 Å². The van der Waals surface area contributed by atoms with E-state index in [4.69, 9.17) is 4.74 Å². The van der Waals surface area contributed by atoms with E-state index < -0.39 is 0 Å². The van der Waals surface area contributed by atoms with Gasteiger partial charge < -0.3 is 4.74 Å². The van der Waals surface area contributed by atoms with Crippen molar-refractivity contribution >= 4 is 0 Å². The van der Waals surface area contributed by atoms with Gasteiger partial charge in [0.05, 0.1) is 5.60 Å². The Morgan fingerprint density at radius 2 is 2.06 bits per heavy atom. The molecule has 1 atom stereocenters. The summed E-state index contributed by atoms with van der Waals surface area (Å²) in [6.07, 6.45) is 9.14. The monoisotopic (exact) mass is 224 g/mol. The van der Waals surface area contributed by atoms with Crippen molar-refractivity contribution in [2.75, 3.05) is 7.11 Å². The highest BCUT2D eigenvalue weighted by molar-refractivity contribution is 5.10. The molecule has 0 saturated heterocycles. The zero-order valence-corrected chi connectivity index (χ0v) is 11.7. The van der Waals surface area contributed by atoms with E-state index in [9.17, 15) is 0 Å². The Morgan fingerprint density at radius 1 is 1.44 bits per heavy atom. The number of rotatable bonds is 8. The molecule has 0 rings (SSSR count). The van der Waals surface area contributed by atoms with E-state index in [0.29, 0.717) is 0 Å². The van der Waals surface area contributed by atoms with Crippen LogP contribution in [0.1, 0.15) is 53.4 Å². The average molecular weight is 224 g/mol. The molecule has 0 heterocycles. The van der Waals surface area contributed by atoms with Gasteiger partial charge in [-0.3, -0.25) is 0 Å². The number of allylic oxidation sites excluding steroid dienone is 3. The molecule has 0 aliphatic rings. The summed E-state index contributed by atoms with van der Waals surface area (Å²) in [5.41, 5.74) is 1.17. The number of methoxy groups -OCH3 is 1. The lowest BCUT2D eigenvalue weighted by atomic mass is 9.95. The molecular weight excluding hydrogens is 196 g/mol. The predicted molar refractivity (Wildman–Crippen MR) is 72.7 cm³/mol. The zero-order valence-electron chi connectivity index (χ0n) is 11.7. The van der Waals surface area contributed by atoms with Crippen LogP contribution in [0.15, 0.2) is 24.3 Å². The summed E-state index contributed by atoms with van der Waals surface area (Å²) in [6, 6.07) is 0. The highest BCUT2D eigenvalue weighted by atomic mass is 16.5. The minimum absolute atomic E-state index is 0.0350. The molecule has 0 saturated carbocycles. The first-order chi connectivity index (χ1) is 7.37. The largest absolute Gasteiger partial charge is 0.379 e. The molecule has 1 nitrogen and oxygen atoms in total. The number of ether oxygens (including phenoxy) is 1. The van der Waals surface area contributed by atoms with Gasteiger partial charge in [0.1, 0.15) is 0 Å². The Balaban J connectivity index is 3.66. The van der Waals surface area contributed by atoms with Crippen LogP contribution >= 0.6 is 0 Å². The van der Waals surface area contributed by atoms with Gasteiger partial charge in [0.15, 0.2) is 0 Å². The molecule has 0 aromatic rings. The van der Waals surface area contributed by atoms with Gasteiger partial charge in [-0.1, -0.05) is 44.1 Å². The van der Waals surface area contributed by atoms with Crippen LogP contribution in [-0.2, 0) is 4.74 Å². The predicted octanol–water partition coefficient (Wildman–Crippen LogP) is 4.74. The Labute approximate surface area is 102 Å². The Bertz CT molecular complexity index is 226. The minimum Gasteiger partial charge on any atom is -0.379 e. The Morgan fingerprint density at radius 3 is 2.56 bits per heavy atom. The van der Waals surface area contributed by atoms with Crippen molar-refractivity contribution in [2.24, 2.45) is 5.92 Å². The number of hydrogen-bond donors (Lipinski definition) is 0. The van der Waals surface area contributed by atoms with Gasteiger partial charge in [0.25, 0.3) is 0 Å². The summed E-state index contributed by atoms with van der Waals surface area (Å²) >= 11 is 0. The summed E-state index contributed by atoms with van der Waals surface area (Å²) < 4.78 is 5.41. The van der Waals surface area contributed by atoms with Crippen molar-refractivity contribution in [2.45, 2.75) is 59.0 Å². The molecule has 94 valence electrons. The first kappa shape index (κ1) is 15.4. The van der Waals surface area contributed by atoms with Gasteiger partial charge in [-0.2, -0.15) is 0 Å². The maximum Gasteiger partial charge on any atom is 0.0622 e. The molecule has 0 radical (unpaired) electrons. The summed E-state index contributed by atoms with van der Waals surface area (Å²) in [4.78, 5) is 0. The first-order valence-corrected chi connectivity index (χ1v) is 6.24. The van der Waals surface area contributed by atoms with Gasteiger partial charge in [-0.05, 0) is 39.5 Å². The molecule has 0 bridgehead atoms. The highest BCUT2D eigenvalue weighted by Crippen LogP contribution is 2.20. The van der Waals surface area contributed by atoms with Crippen LogP contribution in [0.4, 0.5) is 0 Å². The maximum absolute atomic E-state index is 5.41. The van der Waals surface area contributed by atoms with Gasteiger partial charge >= 0.3 is 0 Å². The van der Waals surface area contributed by atoms with Crippen LogP contribution in [0.25, 0.3) is 0 Å². The van der Waals surface area contributed by atoms with E-state index in [0.717, 1.165) is 24.3 Å². The quantitative estimate of drug-likeness (QED) is 0.541. The van der Waals surface area contributed by atoms with Crippen LogP contribution in [-0.4, -0.2) is 12.7 Å². The van der Waals surface area contributed by atoms with E-state index in [1.165, 1.54) is 12.8 Å². The molecule has 16 heavy (non-hydrogen) atoms. The second kappa shape index (κ2) is 7.67. The summed E-state index contributed by atoms with van der Waals surface area (Å²) in [5, 5.41) is 0. The van der Waals surface area contributed by atoms with Crippen molar-refractivity contribution in [1.29, 1.82) is 0 Å². The molecule has 0 fully saturated rings. The molecule has 0 aromatic heterocycles. The zero-order chi connectivity index (χ0) is 12.6. The third-order valence-electron chi connectivity index (χ3n) is 2.97. The summed E-state index contributed by atoms with van der Waals surface area (Å²) in [6.45, 7) is 12.5. The van der Waals surface area contributed by atoms with Crippen LogP contribution < -0.4 is 0 Å². The molecule has 0 aromatic carbocycles.